The molecule has 0 aliphatic carbocycles. The number of aryl methyl sites for hydroxylation is 1. The van der Waals surface area contributed by atoms with Gasteiger partial charge in [-0.05, 0) is 42.3 Å². The lowest BCUT2D eigenvalue weighted by atomic mass is 10.1. The third kappa shape index (κ3) is 3.40. The Hall–Kier alpha value is -2.66. The number of hydrogen-bond acceptors (Lipinski definition) is 5. The van der Waals surface area contributed by atoms with Gasteiger partial charge in [0, 0.05) is 18.5 Å². The fourth-order valence-corrected chi connectivity index (χ4v) is 2.48. The Balaban J connectivity index is 1.88. The van der Waals surface area contributed by atoms with E-state index in [0.29, 0.717) is 13.1 Å². The highest BCUT2D eigenvalue weighted by Gasteiger charge is 2.07. The van der Waals surface area contributed by atoms with E-state index in [1.54, 1.807) is 7.11 Å². The number of fused-ring (bicyclic) bond motifs is 1. The van der Waals surface area contributed by atoms with E-state index in [9.17, 15) is 0 Å². The second kappa shape index (κ2) is 6.62. The summed E-state index contributed by atoms with van der Waals surface area (Å²) < 4.78 is 5.18. The van der Waals surface area contributed by atoms with Crippen molar-refractivity contribution in [2.24, 2.45) is 5.73 Å². The molecule has 1 heterocycles. The molecule has 3 rings (SSSR count). The van der Waals surface area contributed by atoms with Gasteiger partial charge in [0.25, 0.3) is 0 Å². The van der Waals surface area contributed by atoms with Crippen LogP contribution in [0.15, 0.2) is 42.5 Å². The van der Waals surface area contributed by atoms with Gasteiger partial charge >= 0.3 is 0 Å². The van der Waals surface area contributed by atoms with E-state index in [0.717, 1.165) is 39.4 Å². The van der Waals surface area contributed by atoms with Crippen LogP contribution in [0.3, 0.4) is 0 Å². The molecule has 3 N–H and O–H groups in total. The van der Waals surface area contributed by atoms with Crippen LogP contribution < -0.4 is 15.8 Å². The zero-order valence-electron chi connectivity index (χ0n) is 13.3. The number of ether oxygens (including phenoxy) is 1. The second-order valence-electron chi connectivity index (χ2n) is 5.38. The van der Waals surface area contributed by atoms with Gasteiger partial charge in [-0.3, -0.25) is 0 Å². The highest BCUT2D eigenvalue weighted by Crippen LogP contribution is 2.22. The average Bonchev–Trinajstić information content (AvgIpc) is 2.59. The van der Waals surface area contributed by atoms with Crippen molar-refractivity contribution in [3.05, 3.63) is 59.4 Å². The van der Waals surface area contributed by atoms with Gasteiger partial charge < -0.3 is 15.8 Å². The number of anilines is 1. The Kier molecular flexibility index (Phi) is 4.39. The molecule has 5 nitrogen and oxygen atoms in total. The third-order valence-electron chi connectivity index (χ3n) is 3.73. The Labute approximate surface area is 135 Å². The highest BCUT2D eigenvalue weighted by atomic mass is 16.5. The molecule has 0 fully saturated rings. The summed E-state index contributed by atoms with van der Waals surface area (Å²) in [5, 5.41) is 4.39. The maximum absolute atomic E-state index is 5.74. The SMILES string of the molecule is COc1ccc(CNc2nc(C)nc3ccc(CN)cc23)cc1. The van der Waals surface area contributed by atoms with Crippen molar-refractivity contribution < 1.29 is 4.74 Å². The lowest BCUT2D eigenvalue weighted by Gasteiger charge is -2.11. The number of nitrogens with one attached hydrogen (secondary N) is 1. The number of methoxy groups -OCH3 is 1. The molecule has 1 aromatic heterocycles. The molecule has 118 valence electrons. The molecule has 3 aromatic rings. The number of benzene rings is 2. The first-order valence-electron chi connectivity index (χ1n) is 7.54. The molecule has 0 saturated heterocycles. The van der Waals surface area contributed by atoms with Crippen molar-refractivity contribution in [3.63, 3.8) is 0 Å². The third-order valence-corrected chi connectivity index (χ3v) is 3.73. The molecule has 23 heavy (non-hydrogen) atoms. The summed E-state index contributed by atoms with van der Waals surface area (Å²) in [5.41, 5.74) is 8.89. The zero-order valence-corrected chi connectivity index (χ0v) is 13.3. The van der Waals surface area contributed by atoms with Gasteiger partial charge in [0.2, 0.25) is 0 Å². The van der Waals surface area contributed by atoms with Gasteiger partial charge in [0.15, 0.2) is 0 Å². The fourth-order valence-electron chi connectivity index (χ4n) is 2.48. The molecule has 0 spiro atoms. The number of aromatic nitrogens is 2. The Morgan fingerprint density at radius 1 is 1.04 bits per heavy atom. The minimum absolute atomic E-state index is 0.502. The van der Waals surface area contributed by atoms with Crippen molar-refractivity contribution in [2.75, 3.05) is 12.4 Å². The molecule has 5 heteroatoms. The van der Waals surface area contributed by atoms with Crippen molar-refractivity contribution in [3.8, 4) is 5.75 Å². The van der Waals surface area contributed by atoms with Crippen LogP contribution in [0.2, 0.25) is 0 Å². The van der Waals surface area contributed by atoms with E-state index in [-0.39, 0.29) is 0 Å². The topological polar surface area (TPSA) is 73.1 Å². The van der Waals surface area contributed by atoms with E-state index in [2.05, 4.69) is 15.3 Å². The number of nitrogens with two attached hydrogens (primary N) is 1. The van der Waals surface area contributed by atoms with Crippen LogP contribution in [0.25, 0.3) is 10.9 Å². The maximum Gasteiger partial charge on any atom is 0.137 e. The van der Waals surface area contributed by atoms with Crippen LogP contribution in [-0.4, -0.2) is 17.1 Å². The zero-order chi connectivity index (χ0) is 16.2. The second-order valence-corrected chi connectivity index (χ2v) is 5.38. The van der Waals surface area contributed by atoms with Gasteiger partial charge in [0.05, 0.1) is 12.6 Å². The molecule has 0 aliphatic heterocycles. The predicted molar refractivity (Wildman–Crippen MR) is 92.5 cm³/mol. The van der Waals surface area contributed by atoms with Crippen molar-refractivity contribution in [1.82, 2.24) is 9.97 Å². The number of nitrogens with zero attached hydrogens (tertiary/aromatic N) is 2. The lowest BCUT2D eigenvalue weighted by molar-refractivity contribution is 0.414. The Bertz CT molecular complexity index is 815. The fraction of sp³-hybridized carbons (Fsp3) is 0.222. The molecule has 0 radical (unpaired) electrons. The monoisotopic (exact) mass is 308 g/mol. The summed E-state index contributed by atoms with van der Waals surface area (Å²) in [6.45, 7) is 3.08. The van der Waals surface area contributed by atoms with E-state index in [1.165, 1.54) is 0 Å². The normalized spacial score (nSPS) is 10.7. The molecule has 0 saturated carbocycles. The van der Waals surface area contributed by atoms with Crippen LogP contribution in [0.5, 0.6) is 5.75 Å². The summed E-state index contributed by atoms with van der Waals surface area (Å²) >= 11 is 0. The number of hydrogen-bond donors (Lipinski definition) is 2. The van der Waals surface area contributed by atoms with E-state index < -0.39 is 0 Å². The van der Waals surface area contributed by atoms with Gasteiger partial charge in [-0.25, -0.2) is 9.97 Å². The van der Waals surface area contributed by atoms with Crippen LogP contribution in [0.4, 0.5) is 5.82 Å². The molecular weight excluding hydrogens is 288 g/mol. The first-order chi connectivity index (χ1) is 11.2. The van der Waals surface area contributed by atoms with Gasteiger partial charge in [0.1, 0.15) is 17.4 Å². The van der Waals surface area contributed by atoms with Crippen LogP contribution in [0, 0.1) is 6.92 Å². The van der Waals surface area contributed by atoms with E-state index in [4.69, 9.17) is 10.5 Å². The van der Waals surface area contributed by atoms with Crippen molar-refractivity contribution in [2.45, 2.75) is 20.0 Å². The minimum atomic E-state index is 0.502. The van der Waals surface area contributed by atoms with E-state index in [1.807, 2.05) is 49.4 Å². The smallest absolute Gasteiger partial charge is 0.137 e. The average molecular weight is 308 g/mol. The molecule has 2 aromatic carbocycles. The molecule has 0 aliphatic rings. The number of rotatable bonds is 5. The summed E-state index contributed by atoms with van der Waals surface area (Å²) in [6, 6.07) is 14.0. The van der Waals surface area contributed by atoms with E-state index >= 15 is 0 Å². The molecule has 0 bridgehead atoms. The van der Waals surface area contributed by atoms with Crippen molar-refractivity contribution >= 4 is 16.7 Å². The van der Waals surface area contributed by atoms with Gasteiger partial charge in [-0.2, -0.15) is 0 Å². The minimum Gasteiger partial charge on any atom is -0.497 e. The molecular formula is C18H20N4O. The lowest BCUT2D eigenvalue weighted by Crippen LogP contribution is -2.05. The van der Waals surface area contributed by atoms with Crippen LogP contribution in [-0.2, 0) is 13.1 Å². The standard InChI is InChI=1S/C18H20N4O/c1-12-21-17-8-5-14(10-19)9-16(17)18(22-12)20-11-13-3-6-15(23-2)7-4-13/h3-9H,10-11,19H2,1-2H3,(H,20,21,22). The first-order valence-corrected chi connectivity index (χ1v) is 7.54. The Morgan fingerprint density at radius 3 is 2.48 bits per heavy atom. The Morgan fingerprint density at radius 2 is 1.78 bits per heavy atom. The summed E-state index contributed by atoms with van der Waals surface area (Å²) in [6.07, 6.45) is 0. The molecule has 0 amide bonds. The van der Waals surface area contributed by atoms with Crippen molar-refractivity contribution in [1.29, 1.82) is 0 Å². The molecule has 0 unspecified atom stereocenters. The first kappa shape index (κ1) is 15.2. The van der Waals surface area contributed by atoms with Crippen LogP contribution in [0.1, 0.15) is 17.0 Å². The summed E-state index contributed by atoms with van der Waals surface area (Å²) in [4.78, 5) is 9.02. The quantitative estimate of drug-likeness (QED) is 0.758. The highest BCUT2D eigenvalue weighted by molar-refractivity contribution is 5.89. The predicted octanol–water partition coefficient (Wildman–Crippen LogP) is 3.02. The largest absolute Gasteiger partial charge is 0.497 e. The van der Waals surface area contributed by atoms with Gasteiger partial charge in [-0.1, -0.05) is 18.2 Å². The maximum atomic E-state index is 5.74. The van der Waals surface area contributed by atoms with Crippen LogP contribution >= 0.6 is 0 Å². The summed E-state index contributed by atoms with van der Waals surface area (Å²) in [7, 11) is 1.66. The summed E-state index contributed by atoms with van der Waals surface area (Å²) in [5.74, 6) is 2.43. The molecule has 0 atom stereocenters. The van der Waals surface area contributed by atoms with Gasteiger partial charge in [-0.15, -0.1) is 0 Å².